The van der Waals surface area contributed by atoms with E-state index in [1.165, 1.54) is 6.42 Å². The van der Waals surface area contributed by atoms with Crippen LogP contribution in [0.5, 0.6) is 0 Å². The molecule has 1 atom stereocenters. The third kappa shape index (κ3) is 2.75. The third-order valence-electron chi connectivity index (χ3n) is 4.72. The van der Waals surface area contributed by atoms with E-state index < -0.39 is 0 Å². The van der Waals surface area contributed by atoms with E-state index >= 15 is 0 Å². The lowest BCUT2D eigenvalue weighted by atomic mass is 10.00. The maximum Gasteiger partial charge on any atom is 0.317 e. The van der Waals surface area contributed by atoms with Crippen LogP contribution in [0, 0.1) is 0 Å². The maximum absolute atomic E-state index is 12.4. The van der Waals surface area contributed by atoms with Crippen LogP contribution in [0.2, 0.25) is 0 Å². The number of piperidine rings is 2. The number of hydrogen-bond acceptors (Lipinski definition) is 3. The Kier molecular flexibility index (Phi) is 4.10. The maximum atomic E-state index is 12.4. The fourth-order valence-electron chi connectivity index (χ4n) is 3.52. The summed E-state index contributed by atoms with van der Waals surface area (Å²) in [4.78, 5) is 28.0. The van der Waals surface area contributed by atoms with Gasteiger partial charge in [-0.1, -0.05) is 6.42 Å². The molecule has 6 nitrogen and oxygen atoms in total. The molecule has 6 heteroatoms. The molecule has 0 aromatic rings. The molecule has 112 valence electrons. The van der Waals surface area contributed by atoms with Gasteiger partial charge in [0.25, 0.3) is 0 Å². The van der Waals surface area contributed by atoms with E-state index in [0.717, 1.165) is 58.4 Å². The normalized spacial score (nSPS) is 28.6. The van der Waals surface area contributed by atoms with Crippen molar-refractivity contribution in [3.8, 4) is 0 Å². The zero-order valence-corrected chi connectivity index (χ0v) is 11.9. The van der Waals surface area contributed by atoms with E-state index in [1.54, 1.807) is 0 Å². The summed E-state index contributed by atoms with van der Waals surface area (Å²) in [5.74, 6) is 0.258. The SMILES string of the molecule is O=C([C@H]1CCCCN1)N1CCC(N2CCNC2=O)CC1. The van der Waals surface area contributed by atoms with Crippen molar-refractivity contribution in [1.29, 1.82) is 0 Å². The van der Waals surface area contributed by atoms with E-state index in [9.17, 15) is 9.59 Å². The molecule has 3 heterocycles. The van der Waals surface area contributed by atoms with Gasteiger partial charge in [-0.3, -0.25) is 4.79 Å². The lowest BCUT2D eigenvalue weighted by Gasteiger charge is -2.38. The number of carbonyl (C=O) groups excluding carboxylic acids is 2. The van der Waals surface area contributed by atoms with E-state index in [-0.39, 0.29) is 18.0 Å². The van der Waals surface area contributed by atoms with Gasteiger partial charge in [0.2, 0.25) is 5.91 Å². The number of nitrogens with one attached hydrogen (secondary N) is 2. The summed E-state index contributed by atoms with van der Waals surface area (Å²) < 4.78 is 0. The second-order valence-corrected chi connectivity index (χ2v) is 5.98. The molecule has 3 rings (SSSR count). The standard InChI is InChI=1S/C14H24N4O2/c19-13(12-3-1-2-6-15-12)17-8-4-11(5-9-17)18-10-7-16-14(18)20/h11-12,15H,1-10H2,(H,16,20)/t12-/m1/s1. The molecule has 3 aliphatic heterocycles. The Morgan fingerprint density at radius 3 is 2.45 bits per heavy atom. The van der Waals surface area contributed by atoms with Gasteiger partial charge < -0.3 is 20.4 Å². The Labute approximate surface area is 119 Å². The van der Waals surface area contributed by atoms with Crippen molar-refractivity contribution in [1.82, 2.24) is 20.4 Å². The average Bonchev–Trinajstić information content (AvgIpc) is 2.94. The van der Waals surface area contributed by atoms with Crippen LogP contribution in [0.1, 0.15) is 32.1 Å². The van der Waals surface area contributed by atoms with Crippen molar-refractivity contribution in [2.45, 2.75) is 44.2 Å². The molecule has 0 spiro atoms. The fourth-order valence-corrected chi connectivity index (χ4v) is 3.52. The second-order valence-electron chi connectivity index (χ2n) is 5.98. The number of hydrogen-bond donors (Lipinski definition) is 2. The highest BCUT2D eigenvalue weighted by Crippen LogP contribution is 2.20. The fraction of sp³-hybridized carbons (Fsp3) is 0.857. The number of likely N-dealkylation sites (tertiary alicyclic amines) is 1. The van der Waals surface area contributed by atoms with Gasteiger partial charge in [-0.2, -0.15) is 0 Å². The van der Waals surface area contributed by atoms with Gasteiger partial charge in [0.05, 0.1) is 6.04 Å². The predicted octanol–water partition coefficient (Wildman–Crippen LogP) is 0.145. The first-order valence-electron chi connectivity index (χ1n) is 7.82. The molecule has 0 bridgehead atoms. The van der Waals surface area contributed by atoms with Crippen molar-refractivity contribution in [2.24, 2.45) is 0 Å². The molecule has 20 heavy (non-hydrogen) atoms. The molecular weight excluding hydrogens is 256 g/mol. The van der Waals surface area contributed by atoms with Gasteiger partial charge in [0.1, 0.15) is 0 Å². The van der Waals surface area contributed by atoms with Crippen LogP contribution < -0.4 is 10.6 Å². The van der Waals surface area contributed by atoms with Crippen molar-refractivity contribution >= 4 is 11.9 Å². The molecule has 3 aliphatic rings. The monoisotopic (exact) mass is 280 g/mol. The van der Waals surface area contributed by atoms with Gasteiger partial charge in [-0.05, 0) is 32.2 Å². The van der Waals surface area contributed by atoms with Crippen LogP contribution in [0.25, 0.3) is 0 Å². The summed E-state index contributed by atoms with van der Waals surface area (Å²) in [6, 6.07) is 0.389. The quantitative estimate of drug-likeness (QED) is 0.756. The van der Waals surface area contributed by atoms with E-state index in [1.807, 2.05) is 9.80 Å². The van der Waals surface area contributed by atoms with Gasteiger partial charge in [-0.15, -0.1) is 0 Å². The highest BCUT2D eigenvalue weighted by Gasteiger charge is 2.33. The zero-order chi connectivity index (χ0) is 13.9. The van der Waals surface area contributed by atoms with Gasteiger partial charge >= 0.3 is 6.03 Å². The van der Waals surface area contributed by atoms with Gasteiger partial charge in [-0.25, -0.2) is 4.79 Å². The Bertz CT molecular complexity index is 373. The molecular formula is C14H24N4O2. The Hall–Kier alpha value is -1.30. The van der Waals surface area contributed by atoms with Crippen molar-refractivity contribution < 1.29 is 9.59 Å². The summed E-state index contributed by atoms with van der Waals surface area (Å²) in [7, 11) is 0. The van der Waals surface area contributed by atoms with Crippen molar-refractivity contribution in [2.75, 3.05) is 32.7 Å². The summed E-state index contributed by atoms with van der Waals surface area (Å²) in [5.41, 5.74) is 0. The minimum atomic E-state index is 0.0235. The highest BCUT2D eigenvalue weighted by molar-refractivity contribution is 5.82. The van der Waals surface area contributed by atoms with Crippen LogP contribution in [0.3, 0.4) is 0 Å². The second kappa shape index (κ2) is 5.99. The van der Waals surface area contributed by atoms with Gasteiger partial charge in [0, 0.05) is 32.2 Å². The summed E-state index contributed by atoms with van der Waals surface area (Å²) in [6.07, 6.45) is 5.11. The number of amides is 3. The topological polar surface area (TPSA) is 64.7 Å². The van der Waals surface area contributed by atoms with Crippen LogP contribution in [0.4, 0.5) is 4.79 Å². The molecule has 0 aliphatic carbocycles. The Balaban J connectivity index is 1.50. The van der Waals surface area contributed by atoms with Crippen molar-refractivity contribution in [3.63, 3.8) is 0 Å². The lowest BCUT2D eigenvalue weighted by Crippen LogP contribution is -2.53. The van der Waals surface area contributed by atoms with Crippen LogP contribution in [-0.4, -0.2) is 66.5 Å². The first kappa shape index (κ1) is 13.7. The highest BCUT2D eigenvalue weighted by atomic mass is 16.2. The third-order valence-corrected chi connectivity index (χ3v) is 4.72. The van der Waals surface area contributed by atoms with E-state index in [0.29, 0.717) is 6.04 Å². The van der Waals surface area contributed by atoms with E-state index in [4.69, 9.17) is 0 Å². The van der Waals surface area contributed by atoms with Crippen LogP contribution in [0.15, 0.2) is 0 Å². The number of carbonyl (C=O) groups is 2. The largest absolute Gasteiger partial charge is 0.341 e. The molecule has 2 N–H and O–H groups in total. The molecule has 3 saturated heterocycles. The molecule has 0 unspecified atom stereocenters. The van der Waals surface area contributed by atoms with Crippen LogP contribution in [-0.2, 0) is 4.79 Å². The zero-order valence-electron chi connectivity index (χ0n) is 11.9. The minimum Gasteiger partial charge on any atom is -0.341 e. The van der Waals surface area contributed by atoms with Crippen LogP contribution >= 0.6 is 0 Å². The predicted molar refractivity (Wildman–Crippen MR) is 75.3 cm³/mol. The van der Waals surface area contributed by atoms with E-state index in [2.05, 4.69) is 10.6 Å². The minimum absolute atomic E-state index is 0.0235. The molecule has 0 aromatic carbocycles. The number of rotatable bonds is 2. The molecule has 3 fully saturated rings. The first-order valence-corrected chi connectivity index (χ1v) is 7.82. The molecule has 3 amide bonds. The average molecular weight is 280 g/mol. The first-order chi connectivity index (χ1) is 9.75. The summed E-state index contributed by atoms with van der Waals surface area (Å²) in [6.45, 7) is 4.09. The molecule has 0 radical (unpaired) electrons. The Morgan fingerprint density at radius 1 is 1.05 bits per heavy atom. The Morgan fingerprint density at radius 2 is 1.85 bits per heavy atom. The smallest absolute Gasteiger partial charge is 0.317 e. The van der Waals surface area contributed by atoms with Crippen molar-refractivity contribution in [3.05, 3.63) is 0 Å². The lowest BCUT2D eigenvalue weighted by molar-refractivity contribution is -0.135. The summed E-state index contributed by atoms with van der Waals surface area (Å²) in [5, 5.41) is 6.17. The number of urea groups is 1. The molecule has 0 saturated carbocycles. The summed E-state index contributed by atoms with van der Waals surface area (Å²) >= 11 is 0. The number of nitrogens with zero attached hydrogens (tertiary/aromatic N) is 2. The molecule has 0 aromatic heterocycles. The van der Waals surface area contributed by atoms with Gasteiger partial charge in [0.15, 0.2) is 0 Å².